The van der Waals surface area contributed by atoms with E-state index in [0.29, 0.717) is 23.4 Å². The van der Waals surface area contributed by atoms with E-state index in [-0.39, 0.29) is 5.91 Å². The number of carbonyl (C=O) groups is 1. The van der Waals surface area contributed by atoms with Crippen molar-refractivity contribution in [2.75, 3.05) is 6.54 Å². The van der Waals surface area contributed by atoms with Crippen molar-refractivity contribution in [3.05, 3.63) is 23.5 Å². The molecule has 1 atom stereocenters. The minimum atomic E-state index is -0.545. The van der Waals surface area contributed by atoms with E-state index in [2.05, 4.69) is 10.3 Å². The first-order valence-corrected chi connectivity index (χ1v) is 5.92. The fraction of sp³-hybridized carbons (Fsp3) is 0.500. The van der Waals surface area contributed by atoms with Gasteiger partial charge in [0.2, 0.25) is 0 Å². The number of rotatable bonds is 5. The van der Waals surface area contributed by atoms with Crippen LogP contribution >= 0.6 is 11.6 Å². The minimum absolute atomic E-state index is 0.131. The summed E-state index contributed by atoms with van der Waals surface area (Å²) in [6.45, 7) is 6.42. The van der Waals surface area contributed by atoms with E-state index in [4.69, 9.17) is 16.3 Å². The van der Waals surface area contributed by atoms with E-state index >= 15 is 0 Å². The summed E-state index contributed by atoms with van der Waals surface area (Å²) >= 11 is 5.65. The van der Waals surface area contributed by atoms with Crippen molar-refractivity contribution >= 4 is 17.5 Å². The summed E-state index contributed by atoms with van der Waals surface area (Å²) in [5.41, 5.74) is 0. The molecule has 1 aromatic rings. The SMILES string of the molecule is CC(C)CNC(=O)C(C)Oc1ccc(Cl)nc1. The molecular weight excluding hydrogens is 240 g/mol. The van der Waals surface area contributed by atoms with Crippen molar-refractivity contribution < 1.29 is 9.53 Å². The molecule has 0 bridgehead atoms. The predicted octanol–water partition coefficient (Wildman–Crippen LogP) is 2.27. The van der Waals surface area contributed by atoms with Crippen LogP contribution in [0.15, 0.2) is 18.3 Å². The van der Waals surface area contributed by atoms with Crippen LogP contribution in [0.1, 0.15) is 20.8 Å². The van der Waals surface area contributed by atoms with E-state index < -0.39 is 6.10 Å². The van der Waals surface area contributed by atoms with E-state index in [9.17, 15) is 4.79 Å². The number of hydrogen-bond donors (Lipinski definition) is 1. The van der Waals surface area contributed by atoms with E-state index in [1.807, 2.05) is 13.8 Å². The molecule has 1 N–H and O–H groups in total. The van der Waals surface area contributed by atoms with Crippen LogP contribution in [0.3, 0.4) is 0 Å². The first-order chi connectivity index (χ1) is 7.99. The summed E-state index contributed by atoms with van der Waals surface area (Å²) in [4.78, 5) is 15.5. The molecule has 0 saturated carbocycles. The van der Waals surface area contributed by atoms with Crippen LogP contribution in [0.25, 0.3) is 0 Å². The van der Waals surface area contributed by atoms with Gasteiger partial charge in [-0.1, -0.05) is 25.4 Å². The largest absolute Gasteiger partial charge is 0.479 e. The second kappa shape index (κ2) is 6.45. The van der Waals surface area contributed by atoms with Crippen molar-refractivity contribution in [2.24, 2.45) is 5.92 Å². The molecule has 5 heteroatoms. The molecule has 1 unspecified atom stereocenters. The lowest BCUT2D eigenvalue weighted by atomic mass is 10.2. The van der Waals surface area contributed by atoms with Gasteiger partial charge in [0, 0.05) is 6.54 Å². The number of nitrogens with zero attached hydrogens (tertiary/aromatic N) is 1. The van der Waals surface area contributed by atoms with Gasteiger partial charge in [-0.05, 0) is 25.0 Å². The van der Waals surface area contributed by atoms with Crippen molar-refractivity contribution in [3.8, 4) is 5.75 Å². The van der Waals surface area contributed by atoms with Gasteiger partial charge in [0.05, 0.1) is 6.20 Å². The maximum Gasteiger partial charge on any atom is 0.260 e. The van der Waals surface area contributed by atoms with E-state index in [1.54, 1.807) is 19.1 Å². The monoisotopic (exact) mass is 256 g/mol. The highest BCUT2D eigenvalue weighted by molar-refractivity contribution is 6.29. The molecule has 0 aliphatic rings. The molecule has 0 fully saturated rings. The third-order valence-corrected chi connectivity index (χ3v) is 2.29. The van der Waals surface area contributed by atoms with E-state index in [1.165, 1.54) is 6.20 Å². The second-order valence-electron chi connectivity index (χ2n) is 4.22. The summed E-state index contributed by atoms with van der Waals surface area (Å²) in [6.07, 6.45) is 0.950. The highest BCUT2D eigenvalue weighted by Gasteiger charge is 2.14. The summed E-state index contributed by atoms with van der Waals surface area (Å²) in [7, 11) is 0. The van der Waals surface area contributed by atoms with Crippen molar-refractivity contribution in [1.82, 2.24) is 10.3 Å². The maximum atomic E-state index is 11.6. The van der Waals surface area contributed by atoms with Crippen LogP contribution < -0.4 is 10.1 Å². The summed E-state index contributed by atoms with van der Waals surface area (Å²) in [6, 6.07) is 3.30. The summed E-state index contributed by atoms with van der Waals surface area (Å²) in [5.74, 6) is 0.818. The molecule has 1 amide bonds. The molecule has 1 rings (SSSR count). The van der Waals surface area contributed by atoms with Gasteiger partial charge < -0.3 is 10.1 Å². The molecule has 1 heterocycles. The molecule has 0 spiro atoms. The number of ether oxygens (including phenoxy) is 1. The van der Waals surface area contributed by atoms with Gasteiger partial charge in [0.25, 0.3) is 5.91 Å². The lowest BCUT2D eigenvalue weighted by Crippen LogP contribution is -2.38. The Labute approximate surface area is 106 Å². The van der Waals surface area contributed by atoms with Crippen LogP contribution in [-0.2, 0) is 4.79 Å². The standard InChI is InChI=1S/C12H17ClN2O2/c1-8(2)6-15-12(16)9(3)17-10-4-5-11(13)14-7-10/h4-5,7-9H,6H2,1-3H3,(H,15,16). The predicted molar refractivity (Wildman–Crippen MR) is 67.2 cm³/mol. The van der Waals surface area contributed by atoms with Crippen LogP contribution in [0.2, 0.25) is 5.15 Å². The molecule has 0 radical (unpaired) electrons. The lowest BCUT2D eigenvalue weighted by Gasteiger charge is -2.15. The van der Waals surface area contributed by atoms with Gasteiger partial charge in [0.1, 0.15) is 10.9 Å². The molecule has 0 aliphatic heterocycles. The number of halogens is 1. The average Bonchev–Trinajstić information content (AvgIpc) is 2.28. The normalized spacial score (nSPS) is 12.3. The molecule has 0 saturated heterocycles. The van der Waals surface area contributed by atoms with Crippen LogP contribution in [0.5, 0.6) is 5.75 Å². The zero-order valence-corrected chi connectivity index (χ0v) is 11.0. The van der Waals surface area contributed by atoms with Crippen LogP contribution in [0, 0.1) is 5.92 Å². The molecule has 0 aromatic carbocycles. The third-order valence-electron chi connectivity index (χ3n) is 2.07. The zero-order chi connectivity index (χ0) is 12.8. The fourth-order valence-electron chi connectivity index (χ4n) is 1.14. The Morgan fingerprint density at radius 2 is 2.18 bits per heavy atom. The Morgan fingerprint density at radius 3 is 2.71 bits per heavy atom. The Morgan fingerprint density at radius 1 is 1.47 bits per heavy atom. The molecule has 94 valence electrons. The number of amides is 1. The molecular formula is C12H17ClN2O2. The molecule has 17 heavy (non-hydrogen) atoms. The lowest BCUT2D eigenvalue weighted by molar-refractivity contribution is -0.127. The Balaban J connectivity index is 2.45. The zero-order valence-electron chi connectivity index (χ0n) is 10.2. The van der Waals surface area contributed by atoms with Crippen molar-refractivity contribution in [1.29, 1.82) is 0 Å². The maximum absolute atomic E-state index is 11.6. The highest BCUT2D eigenvalue weighted by Crippen LogP contribution is 2.13. The van der Waals surface area contributed by atoms with Crippen molar-refractivity contribution in [2.45, 2.75) is 26.9 Å². The van der Waals surface area contributed by atoms with Gasteiger partial charge in [-0.2, -0.15) is 0 Å². The van der Waals surface area contributed by atoms with Crippen LogP contribution in [0.4, 0.5) is 0 Å². The number of nitrogens with one attached hydrogen (secondary N) is 1. The Hall–Kier alpha value is -1.29. The first-order valence-electron chi connectivity index (χ1n) is 5.55. The summed E-state index contributed by atoms with van der Waals surface area (Å²) in [5, 5.41) is 3.20. The number of carbonyl (C=O) groups excluding carboxylic acids is 1. The van der Waals surface area contributed by atoms with Gasteiger partial charge in [-0.3, -0.25) is 4.79 Å². The molecule has 0 aliphatic carbocycles. The second-order valence-corrected chi connectivity index (χ2v) is 4.60. The molecule has 4 nitrogen and oxygen atoms in total. The van der Waals surface area contributed by atoms with Gasteiger partial charge in [-0.25, -0.2) is 4.98 Å². The third kappa shape index (κ3) is 5.04. The van der Waals surface area contributed by atoms with Crippen LogP contribution in [-0.4, -0.2) is 23.5 Å². The van der Waals surface area contributed by atoms with Gasteiger partial charge in [0.15, 0.2) is 6.10 Å². The van der Waals surface area contributed by atoms with Crippen molar-refractivity contribution in [3.63, 3.8) is 0 Å². The number of aromatic nitrogens is 1. The van der Waals surface area contributed by atoms with Gasteiger partial charge >= 0.3 is 0 Å². The highest BCUT2D eigenvalue weighted by atomic mass is 35.5. The quantitative estimate of drug-likeness (QED) is 0.823. The van der Waals surface area contributed by atoms with Gasteiger partial charge in [-0.15, -0.1) is 0 Å². The van der Waals surface area contributed by atoms with E-state index in [0.717, 1.165) is 0 Å². The topological polar surface area (TPSA) is 51.2 Å². The Kier molecular flexibility index (Phi) is 5.22. The average molecular weight is 257 g/mol. The number of pyridine rings is 1. The first kappa shape index (κ1) is 13.8. The molecule has 1 aromatic heterocycles. The Bertz CT molecular complexity index is 365. The smallest absolute Gasteiger partial charge is 0.260 e. The fourth-order valence-corrected chi connectivity index (χ4v) is 1.25. The minimum Gasteiger partial charge on any atom is -0.479 e. The summed E-state index contributed by atoms with van der Waals surface area (Å²) < 4.78 is 5.43. The number of hydrogen-bond acceptors (Lipinski definition) is 3.